The van der Waals surface area contributed by atoms with Gasteiger partial charge in [0.15, 0.2) is 5.78 Å². The zero-order chi connectivity index (χ0) is 18.7. The van der Waals surface area contributed by atoms with E-state index in [2.05, 4.69) is 15.2 Å². The lowest BCUT2D eigenvalue weighted by molar-refractivity contribution is 0.0525. The summed E-state index contributed by atoms with van der Waals surface area (Å²) in [7, 11) is 0. The van der Waals surface area contributed by atoms with Crippen LogP contribution in [0.15, 0.2) is 9.95 Å². The van der Waals surface area contributed by atoms with Crippen LogP contribution in [0.5, 0.6) is 0 Å². The average molecular weight is 365 g/mol. The number of aromatic amines is 1. The van der Waals surface area contributed by atoms with Crippen molar-refractivity contribution in [2.45, 2.75) is 32.9 Å². The molecular weight excluding hydrogens is 346 g/mol. The Morgan fingerprint density at radius 3 is 2.60 bits per heavy atom. The third-order valence-corrected chi connectivity index (χ3v) is 4.49. The SMILES string of the molecule is CCOC(=O)c1c(C)[nH]c(C(=O)CSc2nnc(C)c(=O)n2N)c1C. The van der Waals surface area contributed by atoms with E-state index in [1.165, 1.54) is 6.92 Å². The molecule has 0 aromatic carbocycles. The summed E-state index contributed by atoms with van der Waals surface area (Å²) in [4.78, 5) is 39.1. The Kier molecular flexibility index (Phi) is 5.62. The summed E-state index contributed by atoms with van der Waals surface area (Å²) in [5.41, 5.74) is 1.48. The molecule has 9 nitrogen and oxygen atoms in total. The molecule has 10 heteroatoms. The lowest BCUT2D eigenvalue weighted by Gasteiger charge is -2.05. The third kappa shape index (κ3) is 3.73. The van der Waals surface area contributed by atoms with Gasteiger partial charge < -0.3 is 15.6 Å². The van der Waals surface area contributed by atoms with Crippen molar-refractivity contribution in [1.29, 1.82) is 0 Å². The van der Waals surface area contributed by atoms with Gasteiger partial charge in [0.1, 0.15) is 5.69 Å². The molecular formula is C15H19N5O4S. The van der Waals surface area contributed by atoms with Crippen molar-refractivity contribution >= 4 is 23.5 Å². The monoisotopic (exact) mass is 365 g/mol. The number of Topliss-reactive ketones (excluding diaryl/α,β-unsaturated/α-hetero) is 1. The van der Waals surface area contributed by atoms with Crippen LogP contribution in [0.1, 0.15) is 44.7 Å². The molecule has 25 heavy (non-hydrogen) atoms. The van der Waals surface area contributed by atoms with Crippen molar-refractivity contribution in [2.75, 3.05) is 18.2 Å². The minimum absolute atomic E-state index is 0.0164. The van der Waals surface area contributed by atoms with Crippen molar-refractivity contribution < 1.29 is 14.3 Å². The van der Waals surface area contributed by atoms with E-state index < -0.39 is 11.5 Å². The molecule has 2 aromatic rings. The van der Waals surface area contributed by atoms with Crippen molar-refractivity contribution in [2.24, 2.45) is 0 Å². The predicted molar refractivity (Wildman–Crippen MR) is 92.5 cm³/mol. The summed E-state index contributed by atoms with van der Waals surface area (Å²) < 4.78 is 5.86. The molecule has 0 saturated carbocycles. The first-order chi connectivity index (χ1) is 11.8. The van der Waals surface area contributed by atoms with Crippen LogP contribution in [0.25, 0.3) is 0 Å². The largest absolute Gasteiger partial charge is 0.462 e. The highest BCUT2D eigenvalue weighted by molar-refractivity contribution is 7.99. The zero-order valence-corrected chi connectivity index (χ0v) is 15.2. The number of hydrogen-bond acceptors (Lipinski definition) is 8. The van der Waals surface area contributed by atoms with Crippen LogP contribution in [0.3, 0.4) is 0 Å². The van der Waals surface area contributed by atoms with Crippen LogP contribution in [0, 0.1) is 20.8 Å². The van der Waals surface area contributed by atoms with E-state index in [0.29, 0.717) is 22.5 Å². The molecule has 0 saturated heterocycles. The van der Waals surface area contributed by atoms with Crippen LogP contribution >= 0.6 is 11.8 Å². The number of nitrogens with two attached hydrogens (primary N) is 1. The Labute approximate surface area is 147 Å². The van der Waals surface area contributed by atoms with Gasteiger partial charge in [0.2, 0.25) is 5.16 Å². The molecule has 3 N–H and O–H groups in total. The number of carbonyl (C=O) groups excluding carboxylic acids is 2. The molecule has 0 bridgehead atoms. The van der Waals surface area contributed by atoms with Crippen molar-refractivity contribution in [3.63, 3.8) is 0 Å². The molecule has 0 aliphatic carbocycles. The molecule has 2 aromatic heterocycles. The normalized spacial score (nSPS) is 10.7. The summed E-state index contributed by atoms with van der Waals surface area (Å²) in [6, 6.07) is 0. The van der Waals surface area contributed by atoms with E-state index >= 15 is 0 Å². The van der Waals surface area contributed by atoms with Crippen molar-refractivity contribution in [1.82, 2.24) is 19.9 Å². The fraction of sp³-hybridized carbons (Fsp3) is 0.400. The number of H-pyrrole nitrogens is 1. The van der Waals surface area contributed by atoms with E-state index in [1.54, 1.807) is 20.8 Å². The highest BCUT2D eigenvalue weighted by atomic mass is 32.2. The number of esters is 1. The maximum Gasteiger partial charge on any atom is 0.340 e. The van der Waals surface area contributed by atoms with E-state index in [4.69, 9.17) is 10.6 Å². The number of nitrogen functional groups attached to an aromatic ring is 1. The number of rotatable bonds is 6. The Bertz CT molecular complexity index is 887. The lowest BCUT2D eigenvalue weighted by atomic mass is 10.1. The Hall–Kier alpha value is -2.62. The maximum atomic E-state index is 12.5. The molecule has 0 aliphatic heterocycles. The van der Waals surface area contributed by atoms with E-state index in [0.717, 1.165) is 16.4 Å². The lowest BCUT2D eigenvalue weighted by Crippen LogP contribution is -2.32. The van der Waals surface area contributed by atoms with Crippen molar-refractivity contribution in [3.05, 3.63) is 38.6 Å². The number of nitrogens with one attached hydrogen (secondary N) is 1. The molecule has 134 valence electrons. The maximum absolute atomic E-state index is 12.5. The molecule has 0 radical (unpaired) electrons. The molecule has 2 rings (SSSR count). The Morgan fingerprint density at radius 1 is 1.28 bits per heavy atom. The minimum Gasteiger partial charge on any atom is -0.462 e. The molecule has 0 spiro atoms. The summed E-state index contributed by atoms with van der Waals surface area (Å²) in [6.07, 6.45) is 0. The number of aryl methyl sites for hydroxylation is 2. The van der Waals surface area contributed by atoms with Gasteiger partial charge in [0.25, 0.3) is 5.56 Å². The second-order valence-corrected chi connectivity index (χ2v) is 6.24. The standard InChI is InChI=1S/C15H19N5O4S/c1-5-24-14(23)11-7(2)12(17-8(11)3)10(21)6-25-15-19-18-9(4)13(22)20(15)16/h17H,5-6,16H2,1-4H3. The first-order valence-electron chi connectivity index (χ1n) is 7.51. The van der Waals surface area contributed by atoms with Gasteiger partial charge in [-0.15, -0.1) is 10.2 Å². The molecule has 0 fully saturated rings. The molecule has 0 aliphatic rings. The number of carbonyl (C=O) groups is 2. The number of ketones is 1. The fourth-order valence-electron chi connectivity index (χ4n) is 2.31. The molecule has 0 amide bonds. The van der Waals surface area contributed by atoms with Gasteiger partial charge >= 0.3 is 5.97 Å². The second-order valence-electron chi connectivity index (χ2n) is 5.30. The zero-order valence-electron chi connectivity index (χ0n) is 14.4. The topological polar surface area (TPSA) is 133 Å². The Morgan fingerprint density at radius 2 is 1.96 bits per heavy atom. The highest BCUT2D eigenvalue weighted by Crippen LogP contribution is 2.22. The summed E-state index contributed by atoms with van der Waals surface area (Å²) in [6.45, 7) is 6.85. The van der Waals surface area contributed by atoms with Crippen molar-refractivity contribution in [3.8, 4) is 0 Å². The number of nitrogens with zero attached hydrogens (tertiary/aromatic N) is 3. The molecule has 0 unspecified atom stereocenters. The van der Waals surface area contributed by atoms with Crippen LogP contribution < -0.4 is 11.4 Å². The van der Waals surface area contributed by atoms with E-state index in [1.807, 2.05) is 0 Å². The number of hydrogen-bond donors (Lipinski definition) is 2. The van der Waals surface area contributed by atoms with Gasteiger partial charge in [-0.2, -0.15) is 4.68 Å². The summed E-state index contributed by atoms with van der Waals surface area (Å²) in [5, 5.41) is 7.66. The first kappa shape index (κ1) is 18.7. The van der Waals surface area contributed by atoms with Gasteiger partial charge in [0.05, 0.1) is 23.6 Å². The van der Waals surface area contributed by atoms with Gasteiger partial charge in [-0.25, -0.2) is 4.79 Å². The van der Waals surface area contributed by atoms with Crippen LogP contribution in [0.2, 0.25) is 0 Å². The number of thioether (sulfide) groups is 1. The molecule has 0 atom stereocenters. The van der Waals surface area contributed by atoms with Crippen LogP contribution in [-0.4, -0.2) is 44.0 Å². The second kappa shape index (κ2) is 7.51. The molecule has 2 heterocycles. The van der Waals surface area contributed by atoms with Crippen LogP contribution in [0.4, 0.5) is 0 Å². The Balaban J connectivity index is 2.20. The summed E-state index contributed by atoms with van der Waals surface area (Å²) in [5.74, 6) is 4.90. The minimum atomic E-state index is -0.472. The smallest absolute Gasteiger partial charge is 0.340 e. The quantitative estimate of drug-likeness (QED) is 0.332. The van der Waals surface area contributed by atoms with Gasteiger partial charge in [-0.1, -0.05) is 11.8 Å². The third-order valence-electron chi connectivity index (χ3n) is 3.55. The van der Waals surface area contributed by atoms with Gasteiger partial charge in [-0.05, 0) is 33.3 Å². The number of aromatic nitrogens is 4. The van der Waals surface area contributed by atoms with E-state index in [-0.39, 0.29) is 29.0 Å². The van der Waals surface area contributed by atoms with Crippen LogP contribution in [-0.2, 0) is 4.74 Å². The summed E-state index contributed by atoms with van der Waals surface area (Å²) >= 11 is 0.994. The fourth-order valence-corrected chi connectivity index (χ4v) is 3.03. The predicted octanol–water partition coefficient (Wildman–Crippen LogP) is 0.757. The van der Waals surface area contributed by atoms with Gasteiger partial charge in [-0.3, -0.25) is 9.59 Å². The average Bonchev–Trinajstić information content (AvgIpc) is 2.86. The first-order valence-corrected chi connectivity index (χ1v) is 8.50. The van der Waals surface area contributed by atoms with E-state index in [9.17, 15) is 14.4 Å². The van der Waals surface area contributed by atoms with Gasteiger partial charge in [0, 0.05) is 5.69 Å². The number of ether oxygens (including phenoxy) is 1. The highest BCUT2D eigenvalue weighted by Gasteiger charge is 2.23.